The number of nitrogens with one attached hydrogen (secondary N) is 1. The van der Waals surface area contributed by atoms with Gasteiger partial charge in [-0.1, -0.05) is 35.9 Å². The molecule has 0 spiro atoms. The molecule has 0 saturated heterocycles. The van der Waals surface area contributed by atoms with Gasteiger partial charge < -0.3 is 10.2 Å². The van der Waals surface area contributed by atoms with Crippen LogP contribution >= 0.6 is 11.6 Å². The van der Waals surface area contributed by atoms with Crippen molar-refractivity contribution in [2.75, 3.05) is 23.7 Å². The van der Waals surface area contributed by atoms with Crippen molar-refractivity contribution in [2.24, 2.45) is 0 Å². The van der Waals surface area contributed by atoms with Crippen molar-refractivity contribution in [2.45, 2.75) is 53.1 Å². The Bertz CT molecular complexity index is 1120. The minimum Gasteiger partial charge on any atom is -0.355 e. The molecule has 0 aliphatic carbocycles. The molecule has 0 aromatic heterocycles. The summed E-state index contributed by atoms with van der Waals surface area (Å²) in [7, 11) is -3.53. The number of carbonyl (C=O) groups excluding carboxylic acids is 2. The Morgan fingerprint density at radius 1 is 1.09 bits per heavy atom. The van der Waals surface area contributed by atoms with Crippen LogP contribution in [0.25, 0.3) is 0 Å². The number of hydrogen-bond acceptors (Lipinski definition) is 4. The number of halogens is 1. The van der Waals surface area contributed by atoms with Crippen LogP contribution in [-0.4, -0.2) is 50.5 Å². The molecule has 0 fully saturated rings. The molecule has 1 atom stereocenters. The Morgan fingerprint density at radius 3 is 2.35 bits per heavy atom. The number of rotatable bonds is 11. The van der Waals surface area contributed by atoms with E-state index in [9.17, 15) is 18.0 Å². The standard InChI is InChI=1S/C25H34ClN3O4S/c1-6-27-25(31)20(4)28(17-21-10-7-8-11-23(21)26)24(30)12-9-15-29(34(5,32)33)22-14-13-18(2)19(3)16-22/h7-8,10-11,13-14,16,20H,6,9,12,15,17H2,1-5H3,(H,27,31)/t20-/m1/s1. The van der Waals surface area contributed by atoms with Gasteiger partial charge >= 0.3 is 0 Å². The predicted molar refractivity (Wildman–Crippen MR) is 137 cm³/mol. The highest BCUT2D eigenvalue weighted by Gasteiger charge is 2.27. The Morgan fingerprint density at radius 2 is 1.76 bits per heavy atom. The maximum Gasteiger partial charge on any atom is 0.242 e. The van der Waals surface area contributed by atoms with Crippen molar-refractivity contribution in [1.29, 1.82) is 0 Å². The summed E-state index contributed by atoms with van der Waals surface area (Å²) in [5.41, 5.74) is 3.37. The zero-order valence-electron chi connectivity index (χ0n) is 20.5. The summed E-state index contributed by atoms with van der Waals surface area (Å²) in [6, 6.07) is 12.0. The monoisotopic (exact) mass is 507 g/mol. The number of benzene rings is 2. The number of sulfonamides is 1. The Balaban J connectivity index is 2.18. The largest absolute Gasteiger partial charge is 0.355 e. The average Bonchev–Trinajstić information content (AvgIpc) is 2.77. The van der Waals surface area contributed by atoms with Crippen LogP contribution in [0, 0.1) is 13.8 Å². The number of nitrogens with zero attached hydrogens (tertiary/aromatic N) is 2. The zero-order chi connectivity index (χ0) is 25.5. The van der Waals surface area contributed by atoms with Gasteiger partial charge in [-0.15, -0.1) is 0 Å². The van der Waals surface area contributed by atoms with Gasteiger partial charge in [-0.05, 0) is 69.0 Å². The first-order valence-corrected chi connectivity index (χ1v) is 13.5. The van der Waals surface area contributed by atoms with E-state index < -0.39 is 16.1 Å². The third kappa shape index (κ3) is 7.46. The van der Waals surface area contributed by atoms with E-state index >= 15 is 0 Å². The lowest BCUT2D eigenvalue weighted by atomic mass is 10.1. The van der Waals surface area contributed by atoms with Gasteiger partial charge in [0.25, 0.3) is 0 Å². The lowest BCUT2D eigenvalue weighted by Crippen LogP contribution is -2.47. The molecule has 0 bridgehead atoms. The van der Waals surface area contributed by atoms with Crippen LogP contribution in [0.1, 0.15) is 43.4 Å². The zero-order valence-corrected chi connectivity index (χ0v) is 22.0. The summed E-state index contributed by atoms with van der Waals surface area (Å²) in [5, 5.41) is 3.27. The topological polar surface area (TPSA) is 86.8 Å². The van der Waals surface area contributed by atoms with Crippen LogP contribution in [-0.2, 0) is 26.2 Å². The molecule has 1 N–H and O–H groups in total. The van der Waals surface area contributed by atoms with E-state index in [1.165, 1.54) is 9.21 Å². The first-order valence-electron chi connectivity index (χ1n) is 11.3. The van der Waals surface area contributed by atoms with Gasteiger partial charge in [-0.25, -0.2) is 8.42 Å². The summed E-state index contributed by atoms with van der Waals surface area (Å²) in [4.78, 5) is 27.2. The molecule has 7 nitrogen and oxygen atoms in total. The van der Waals surface area contributed by atoms with E-state index in [-0.39, 0.29) is 31.3 Å². The van der Waals surface area contributed by atoms with Gasteiger partial charge in [0.1, 0.15) is 6.04 Å². The van der Waals surface area contributed by atoms with Crippen LogP contribution in [0.4, 0.5) is 5.69 Å². The van der Waals surface area contributed by atoms with E-state index in [0.29, 0.717) is 23.7 Å². The molecule has 2 aromatic carbocycles. The summed E-state index contributed by atoms with van der Waals surface area (Å²) in [5.74, 6) is -0.497. The molecule has 34 heavy (non-hydrogen) atoms. The van der Waals surface area contributed by atoms with E-state index in [2.05, 4.69) is 5.32 Å². The quantitative estimate of drug-likeness (QED) is 0.497. The number of amides is 2. The van der Waals surface area contributed by atoms with Gasteiger partial charge in [0.15, 0.2) is 0 Å². The maximum atomic E-state index is 13.2. The third-order valence-electron chi connectivity index (χ3n) is 5.75. The minimum atomic E-state index is -3.53. The number of anilines is 1. The molecule has 0 unspecified atom stereocenters. The molecule has 186 valence electrons. The molecule has 0 aliphatic rings. The minimum absolute atomic E-state index is 0.0884. The summed E-state index contributed by atoms with van der Waals surface area (Å²) in [6.45, 7) is 8.18. The van der Waals surface area contributed by atoms with Crippen molar-refractivity contribution in [1.82, 2.24) is 10.2 Å². The second-order valence-electron chi connectivity index (χ2n) is 8.39. The summed E-state index contributed by atoms with van der Waals surface area (Å²) >= 11 is 6.29. The van der Waals surface area contributed by atoms with Crippen molar-refractivity contribution in [3.63, 3.8) is 0 Å². The van der Waals surface area contributed by atoms with Crippen molar-refractivity contribution >= 4 is 39.1 Å². The number of aryl methyl sites for hydroxylation is 2. The smallest absolute Gasteiger partial charge is 0.242 e. The van der Waals surface area contributed by atoms with E-state index in [1.54, 1.807) is 25.1 Å². The fraction of sp³-hybridized carbons (Fsp3) is 0.440. The fourth-order valence-electron chi connectivity index (χ4n) is 3.60. The molecule has 2 aromatic rings. The Labute approximate surface area is 208 Å². The lowest BCUT2D eigenvalue weighted by molar-refractivity contribution is -0.140. The van der Waals surface area contributed by atoms with Gasteiger partial charge in [0, 0.05) is 31.1 Å². The summed E-state index contributed by atoms with van der Waals surface area (Å²) < 4.78 is 26.2. The normalized spacial score (nSPS) is 12.2. The highest BCUT2D eigenvalue weighted by Crippen LogP contribution is 2.23. The van der Waals surface area contributed by atoms with Crippen LogP contribution < -0.4 is 9.62 Å². The van der Waals surface area contributed by atoms with Gasteiger partial charge in [0.05, 0.1) is 11.9 Å². The molecule has 0 aliphatic heterocycles. The average molecular weight is 508 g/mol. The highest BCUT2D eigenvalue weighted by atomic mass is 35.5. The van der Waals surface area contributed by atoms with Crippen LogP contribution in [0.5, 0.6) is 0 Å². The molecule has 2 amide bonds. The predicted octanol–water partition coefficient (Wildman–Crippen LogP) is 4.06. The highest BCUT2D eigenvalue weighted by molar-refractivity contribution is 7.92. The molecule has 9 heteroatoms. The Kier molecular flexibility index (Phi) is 9.94. The SMILES string of the molecule is CCNC(=O)[C@@H](C)N(Cc1ccccc1Cl)C(=O)CCCN(c1ccc(C)c(C)c1)S(C)(=O)=O. The second-order valence-corrected chi connectivity index (χ2v) is 10.7. The summed E-state index contributed by atoms with van der Waals surface area (Å²) in [6.07, 6.45) is 1.55. The maximum absolute atomic E-state index is 13.2. The van der Waals surface area contributed by atoms with Crippen molar-refractivity contribution in [3.8, 4) is 0 Å². The molecule has 0 radical (unpaired) electrons. The van der Waals surface area contributed by atoms with E-state index in [1.807, 2.05) is 45.0 Å². The molecular weight excluding hydrogens is 474 g/mol. The first-order chi connectivity index (χ1) is 16.0. The number of hydrogen-bond donors (Lipinski definition) is 1. The second kappa shape index (κ2) is 12.2. The third-order valence-corrected chi connectivity index (χ3v) is 7.31. The van der Waals surface area contributed by atoms with Gasteiger partial charge in [-0.2, -0.15) is 0 Å². The van der Waals surface area contributed by atoms with Crippen molar-refractivity contribution in [3.05, 3.63) is 64.2 Å². The molecule has 2 rings (SSSR count). The molecule has 0 saturated carbocycles. The number of likely N-dealkylation sites (N-methyl/N-ethyl adjacent to an activating group) is 1. The van der Waals surface area contributed by atoms with Crippen LogP contribution in [0.3, 0.4) is 0 Å². The van der Waals surface area contributed by atoms with Crippen molar-refractivity contribution < 1.29 is 18.0 Å². The number of carbonyl (C=O) groups is 2. The van der Waals surface area contributed by atoms with E-state index in [0.717, 1.165) is 22.9 Å². The van der Waals surface area contributed by atoms with E-state index in [4.69, 9.17) is 11.6 Å². The Hall–Kier alpha value is -2.58. The van der Waals surface area contributed by atoms with Gasteiger partial charge in [-0.3, -0.25) is 13.9 Å². The van der Waals surface area contributed by atoms with Crippen LogP contribution in [0.2, 0.25) is 5.02 Å². The fourth-order valence-corrected chi connectivity index (χ4v) is 4.75. The first kappa shape index (κ1) is 27.7. The van der Waals surface area contributed by atoms with Gasteiger partial charge in [0.2, 0.25) is 21.8 Å². The molecular formula is C25H34ClN3O4S. The molecule has 0 heterocycles. The van der Waals surface area contributed by atoms with Crippen LogP contribution in [0.15, 0.2) is 42.5 Å². The lowest BCUT2D eigenvalue weighted by Gasteiger charge is -2.29.